The second-order valence-corrected chi connectivity index (χ2v) is 5.97. The van der Waals surface area contributed by atoms with Gasteiger partial charge in [-0.3, -0.25) is 9.59 Å². The van der Waals surface area contributed by atoms with Crippen molar-refractivity contribution < 1.29 is 14.7 Å². The molecule has 5 heteroatoms. The summed E-state index contributed by atoms with van der Waals surface area (Å²) in [6, 6.07) is 7.74. The third-order valence-corrected chi connectivity index (χ3v) is 3.64. The highest BCUT2D eigenvalue weighted by molar-refractivity contribution is 5.98. The maximum Gasteiger partial charge on any atom is 0.309 e. The maximum atomic E-state index is 12.1. The van der Waals surface area contributed by atoms with Crippen molar-refractivity contribution in [2.24, 2.45) is 5.41 Å². The minimum absolute atomic E-state index is 0.218. The van der Waals surface area contributed by atoms with E-state index in [1.807, 2.05) is 25.1 Å². The molecule has 0 fully saturated rings. The van der Waals surface area contributed by atoms with Crippen LogP contribution >= 0.6 is 0 Å². The van der Waals surface area contributed by atoms with Crippen LogP contribution in [0.25, 0.3) is 10.9 Å². The highest BCUT2D eigenvalue weighted by Crippen LogP contribution is 2.20. The quantitative estimate of drug-likeness (QED) is 0.791. The molecule has 5 nitrogen and oxygen atoms in total. The van der Waals surface area contributed by atoms with Crippen molar-refractivity contribution in [2.45, 2.75) is 27.2 Å². The summed E-state index contributed by atoms with van der Waals surface area (Å²) in [5.74, 6) is -1.08. The minimum atomic E-state index is -0.863. The Morgan fingerprint density at radius 1 is 1.29 bits per heavy atom. The van der Waals surface area contributed by atoms with Gasteiger partial charge in [-0.15, -0.1) is 0 Å². The molecule has 1 heterocycles. The number of rotatable bonds is 5. The van der Waals surface area contributed by atoms with Crippen molar-refractivity contribution in [3.8, 4) is 0 Å². The zero-order valence-electron chi connectivity index (χ0n) is 12.5. The SMILES string of the molecule is Cc1ccc2cc(C(=O)NCCC(C)(C)C(=O)O)[nH]c2c1. The number of aromatic amines is 1. The summed E-state index contributed by atoms with van der Waals surface area (Å²) in [4.78, 5) is 26.1. The number of aromatic nitrogens is 1. The van der Waals surface area contributed by atoms with E-state index in [-0.39, 0.29) is 5.91 Å². The zero-order chi connectivity index (χ0) is 15.6. The first-order chi connectivity index (χ1) is 9.79. The summed E-state index contributed by atoms with van der Waals surface area (Å²) in [7, 11) is 0. The highest BCUT2D eigenvalue weighted by Gasteiger charge is 2.26. The monoisotopic (exact) mass is 288 g/mol. The molecular weight excluding hydrogens is 268 g/mol. The van der Waals surface area contributed by atoms with Gasteiger partial charge in [0.15, 0.2) is 0 Å². The number of amides is 1. The van der Waals surface area contributed by atoms with E-state index in [1.54, 1.807) is 19.9 Å². The summed E-state index contributed by atoms with van der Waals surface area (Å²) in [6.07, 6.45) is 0.382. The number of carboxylic acids is 1. The average molecular weight is 288 g/mol. The summed E-state index contributed by atoms with van der Waals surface area (Å²) < 4.78 is 0. The van der Waals surface area contributed by atoms with E-state index in [0.717, 1.165) is 16.5 Å². The van der Waals surface area contributed by atoms with Crippen LogP contribution in [0.2, 0.25) is 0 Å². The molecule has 1 aromatic heterocycles. The van der Waals surface area contributed by atoms with Crippen LogP contribution < -0.4 is 5.32 Å². The van der Waals surface area contributed by atoms with Gasteiger partial charge in [0.1, 0.15) is 5.69 Å². The van der Waals surface area contributed by atoms with Gasteiger partial charge in [-0.2, -0.15) is 0 Å². The van der Waals surface area contributed by atoms with Crippen LogP contribution in [0, 0.1) is 12.3 Å². The van der Waals surface area contributed by atoms with Crippen molar-refractivity contribution in [3.05, 3.63) is 35.5 Å². The van der Waals surface area contributed by atoms with Crippen molar-refractivity contribution in [1.82, 2.24) is 10.3 Å². The molecule has 0 radical (unpaired) electrons. The van der Waals surface area contributed by atoms with Crippen molar-refractivity contribution in [2.75, 3.05) is 6.54 Å². The van der Waals surface area contributed by atoms with Crippen LogP contribution in [0.5, 0.6) is 0 Å². The lowest BCUT2D eigenvalue weighted by atomic mass is 9.90. The first-order valence-electron chi connectivity index (χ1n) is 6.90. The molecule has 0 spiro atoms. The van der Waals surface area contributed by atoms with E-state index >= 15 is 0 Å². The van der Waals surface area contributed by atoms with E-state index in [4.69, 9.17) is 5.11 Å². The first-order valence-corrected chi connectivity index (χ1v) is 6.90. The number of fused-ring (bicyclic) bond motifs is 1. The molecule has 0 bridgehead atoms. The predicted molar refractivity (Wildman–Crippen MR) is 81.4 cm³/mol. The number of carbonyl (C=O) groups is 2. The fraction of sp³-hybridized carbons (Fsp3) is 0.375. The van der Waals surface area contributed by atoms with Crippen molar-refractivity contribution in [1.29, 1.82) is 0 Å². The number of H-pyrrole nitrogens is 1. The lowest BCUT2D eigenvalue weighted by molar-refractivity contribution is -0.147. The van der Waals surface area contributed by atoms with Gasteiger partial charge >= 0.3 is 5.97 Å². The highest BCUT2D eigenvalue weighted by atomic mass is 16.4. The molecule has 0 aliphatic heterocycles. The molecule has 2 rings (SSSR count). The van der Waals surface area contributed by atoms with Crippen LogP contribution in [-0.2, 0) is 4.79 Å². The fourth-order valence-corrected chi connectivity index (χ4v) is 2.05. The molecule has 0 saturated carbocycles. The molecule has 0 unspecified atom stereocenters. The molecule has 3 N–H and O–H groups in total. The maximum absolute atomic E-state index is 12.1. The predicted octanol–water partition coefficient (Wildman–Crippen LogP) is 2.71. The Labute approximate surface area is 123 Å². The summed E-state index contributed by atoms with van der Waals surface area (Å²) in [5, 5.41) is 12.8. The van der Waals surface area contributed by atoms with Crippen LogP contribution in [0.1, 0.15) is 36.3 Å². The number of carbonyl (C=O) groups excluding carboxylic acids is 1. The smallest absolute Gasteiger partial charge is 0.309 e. The van der Waals surface area contributed by atoms with Crippen LogP contribution in [0.3, 0.4) is 0 Å². The van der Waals surface area contributed by atoms with E-state index in [0.29, 0.717) is 18.7 Å². The number of carboxylic acid groups (broad SMARTS) is 1. The molecule has 1 amide bonds. The Morgan fingerprint density at radius 2 is 2.00 bits per heavy atom. The lowest BCUT2D eigenvalue weighted by Crippen LogP contribution is -2.32. The number of benzene rings is 1. The van der Waals surface area contributed by atoms with Gasteiger partial charge in [-0.1, -0.05) is 12.1 Å². The zero-order valence-corrected chi connectivity index (χ0v) is 12.5. The van der Waals surface area contributed by atoms with Gasteiger partial charge in [0, 0.05) is 17.4 Å². The third kappa shape index (κ3) is 3.42. The second kappa shape index (κ2) is 5.60. The standard InChI is InChI=1S/C16H20N2O3/c1-10-4-5-11-9-13(18-12(11)8-10)14(19)17-7-6-16(2,3)15(20)21/h4-5,8-9,18H,6-7H2,1-3H3,(H,17,19)(H,20,21). The van der Waals surface area contributed by atoms with Crippen LogP contribution in [0.15, 0.2) is 24.3 Å². The van der Waals surface area contributed by atoms with Gasteiger partial charge in [0.05, 0.1) is 5.41 Å². The molecule has 0 atom stereocenters. The Bertz CT molecular complexity index is 686. The molecule has 21 heavy (non-hydrogen) atoms. The summed E-state index contributed by atoms with van der Waals surface area (Å²) in [6.45, 7) is 5.61. The molecule has 0 aliphatic carbocycles. The molecule has 2 aromatic rings. The molecule has 0 saturated heterocycles. The van der Waals surface area contributed by atoms with Crippen molar-refractivity contribution in [3.63, 3.8) is 0 Å². The Kier molecular flexibility index (Phi) is 4.02. The first kappa shape index (κ1) is 15.1. The lowest BCUT2D eigenvalue weighted by Gasteiger charge is -2.18. The van der Waals surface area contributed by atoms with Crippen molar-refractivity contribution >= 4 is 22.8 Å². The van der Waals surface area contributed by atoms with E-state index in [2.05, 4.69) is 10.3 Å². The second-order valence-electron chi connectivity index (χ2n) is 5.97. The number of hydrogen-bond acceptors (Lipinski definition) is 2. The average Bonchev–Trinajstić information content (AvgIpc) is 2.81. The molecular formula is C16H20N2O3. The number of aliphatic carboxylic acids is 1. The fourth-order valence-electron chi connectivity index (χ4n) is 2.05. The van der Waals surface area contributed by atoms with Crippen LogP contribution in [0.4, 0.5) is 0 Å². The van der Waals surface area contributed by atoms with Crippen LogP contribution in [-0.4, -0.2) is 28.5 Å². The molecule has 112 valence electrons. The Morgan fingerprint density at radius 3 is 2.67 bits per heavy atom. The Hall–Kier alpha value is -2.30. The largest absolute Gasteiger partial charge is 0.481 e. The number of nitrogens with one attached hydrogen (secondary N) is 2. The van der Waals surface area contributed by atoms with Gasteiger partial charge in [0.2, 0.25) is 0 Å². The Balaban J connectivity index is 2.01. The van der Waals surface area contributed by atoms with Gasteiger partial charge in [-0.05, 0) is 44.9 Å². The third-order valence-electron chi connectivity index (χ3n) is 3.64. The number of aryl methyl sites for hydroxylation is 1. The van der Waals surface area contributed by atoms with Gasteiger partial charge in [0.25, 0.3) is 5.91 Å². The van der Waals surface area contributed by atoms with Gasteiger partial charge < -0.3 is 15.4 Å². The summed E-state index contributed by atoms with van der Waals surface area (Å²) >= 11 is 0. The van der Waals surface area contributed by atoms with E-state index in [9.17, 15) is 9.59 Å². The number of hydrogen-bond donors (Lipinski definition) is 3. The van der Waals surface area contributed by atoms with Gasteiger partial charge in [-0.25, -0.2) is 0 Å². The minimum Gasteiger partial charge on any atom is -0.481 e. The normalized spacial score (nSPS) is 11.6. The summed E-state index contributed by atoms with van der Waals surface area (Å²) in [5.41, 5.74) is 1.69. The molecule has 1 aromatic carbocycles. The molecule has 0 aliphatic rings. The van der Waals surface area contributed by atoms with E-state index in [1.165, 1.54) is 0 Å². The van der Waals surface area contributed by atoms with E-state index < -0.39 is 11.4 Å². The topological polar surface area (TPSA) is 82.2 Å².